The van der Waals surface area contributed by atoms with E-state index in [-0.39, 0.29) is 5.91 Å². The highest BCUT2D eigenvalue weighted by atomic mass is 16.1. The summed E-state index contributed by atoms with van der Waals surface area (Å²) in [6, 6.07) is 18.5. The first-order valence-corrected chi connectivity index (χ1v) is 11.7. The Labute approximate surface area is 197 Å². The average Bonchev–Trinajstić information content (AvgIpc) is 3.52. The van der Waals surface area contributed by atoms with Crippen molar-refractivity contribution in [3.8, 4) is 11.1 Å². The van der Waals surface area contributed by atoms with Crippen molar-refractivity contribution in [2.75, 3.05) is 18.4 Å². The van der Waals surface area contributed by atoms with Gasteiger partial charge in [-0.15, -0.1) is 5.10 Å². The van der Waals surface area contributed by atoms with Crippen LogP contribution in [0.25, 0.3) is 27.7 Å². The van der Waals surface area contributed by atoms with Gasteiger partial charge >= 0.3 is 0 Å². The number of H-pyrrole nitrogens is 1. The average molecular weight is 451 g/mol. The summed E-state index contributed by atoms with van der Waals surface area (Å²) in [5, 5.41) is 12.0. The Kier molecular flexibility index (Phi) is 5.31. The zero-order chi connectivity index (χ0) is 22.9. The van der Waals surface area contributed by atoms with E-state index >= 15 is 0 Å². The molecule has 0 radical (unpaired) electrons. The molecule has 0 spiro atoms. The van der Waals surface area contributed by atoms with Crippen LogP contribution in [0.4, 0.5) is 5.82 Å². The van der Waals surface area contributed by atoms with Crippen molar-refractivity contribution in [1.82, 2.24) is 24.9 Å². The van der Waals surface area contributed by atoms with E-state index in [1.807, 2.05) is 30.5 Å². The molecule has 1 fully saturated rings. The van der Waals surface area contributed by atoms with Crippen molar-refractivity contribution in [3.05, 3.63) is 84.3 Å². The summed E-state index contributed by atoms with van der Waals surface area (Å²) < 4.78 is 1.71. The molecule has 170 valence electrons. The molecule has 0 bridgehead atoms. The molecule has 7 nitrogen and oxygen atoms in total. The number of anilines is 1. The van der Waals surface area contributed by atoms with Gasteiger partial charge in [0.2, 0.25) is 5.91 Å². The van der Waals surface area contributed by atoms with Gasteiger partial charge < -0.3 is 15.6 Å². The van der Waals surface area contributed by atoms with Crippen molar-refractivity contribution in [1.29, 1.82) is 0 Å². The van der Waals surface area contributed by atoms with E-state index in [2.05, 4.69) is 56.0 Å². The van der Waals surface area contributed by atoms with Gasteiger partial charge in [-0.2, -0.15) is 0 Å². The number of hydrogen-bond donors (Lipinski definition) is 3. The lowest BCUT2D eigenvalue weighted by Gasteiger charge is -2.23. The number of nitrogens with one attached hydrogen (secondary N) is 3. The number of nitrogens with zero attached hydrogens (tertiary/aromatic N) is 3. The number of carbonyl (C=O) groups is 1. The Hall–Kier alpha value is -3.97. The molecule has 3 aromatic heterocycles. The fraction of sp³-hybridized carbons (Fsp3) is 0.222. The molecule has 7 heteroatoms. The summed E-state index contributed by atoms with van der Waals surface area (Å²) in [4.78, 5) is 20.7. The highest BCUT2D eigenvalue weighted by molar-refractivity contribution is 6.00. The smallest absolute Gasteiger partial charge is 0.229 e. The maximum Gasteiger partial charge on any atom is 0.229 e. The van der Waals surface area contributed by atoms with Crippen LogP contribution < -0.4 is 10.6 Å². The van der Waals surface area contributed by atoms with Crippen molar-refractivity contribution >= 4 is 28.3 Å². The molecule has 0 unspecified atom stereocenters. The number of amides is 1. The molecule has 4 heterocycles. The second-order valence-electron chi connectivity index (χ2n) is 8.88. The number of carbonyl (C=O) groups excluding carboxylic acids is 1. The van der Waals surface area contributed by atoms with Gasteiger partial charge in [0.25, 0.3) is 0 Å². The van der Waals surface area contributed by atoms with Gasteiger partial charge in [-0.3, -0.25) is 4.79 Å². The quantitative estimate of drug-likeness (QED) is 0.367. The number of rotatable bonds is 5. The lowest BCUT2D eigenvalue weighted by Crippen LogP contribution is -2.26. The zero-order valence-corrected chi connectivity index (χ0v) is 18.8. The van der Waals surface area contributed by atoms with Crippen LogP contribution in [-0.2, 0) is 11.2 Å². The first-order valence-electron chi connectivity index (χ1n) is 11.7. The van der Waals surface area contributed by atoms with E-state index in [1.54, 1.807) is 16.9 Å². The van der Waals surface area contributed by atoms with Gasteiger partial charge in [0.05, 0.1) is 6.42 Å². The Bertz CT molecular complexity index is 1460. The van der Waals surface area contributed by atoms with Crippen molar-refractivity contribution in [2.45, 2.75) is 25.2 Å². The van der Waals surface area contributed by atoms with Crippen LogP contribution >= 0.6 is 0 Å². The van der Waals surface area contributed by atoms with Crippen LogP contribution in [0.5, 0.6) is 0 Å². The summed E-state index contributed by atoms with van der Waals surface area (Å²) in [6.45, 7) is 2.15. The number of benzene rings is 2. The minimum Gasteiger partial charge on any atom is -0.361 e. The second-order valence-corrected chi connectivity index (χ2v) is 8.88. The third-order valence-corrected chi connectivity index (χ3v) is 6.66. The number of hydrogen-bond acceptors (Lipinski definition) is 4. The molecule has 1 saturated heterocycles. The number of imidazole rings is 1. The normalized spacial score (nSPS) is 14.6. The molecule has 1 aliphatic rings. The van der Waals surface area contributed by atoms with E-state index in [4.69, 9.17) is 0 Å². The van der Waals surface area contributed by atoms with E-state index in [1.165, 1.54) is 18.4 Å². The van der Waals surface area contributed by atoms with Crippen molar-refractivity contribution < 1.29 is 4.79 Å². The summed E-state index contributed by atoms with van der Waals surface area (Å²) >= 11 is 0. The van der Waals surface area contributed by atoms with E-state index < -0.39 is 0 Å². The van der Waals surface area contributed by atoms with Gasteiger partial charge in [-0.05, 0) is 55.1 Å². The van der Waals surface area contributed by atoms with Gasteiger partial charge in [0, 0.05) is 40.6 Å². The third-order valence-electron chi connectivity index (χ3n) is 6.66. The predicted molar refractivity (Wildman–Crippen MR) is 134 cm³/mol. The van der Waals surface area contributed by atoms with Crippen LogP contribution in [0.15, 0.2) is 73.2 Å². The standard InChI is InChI=1S/C27H26N6O/c34-26(15-18-5-7-19(8-6-18)20-9-11-28-12-10-20)31-25-16-22(27-29-13-14-33(27)32-25)23-17-30-24-4-2-1-3-21(23)24/h1-8,13-14,16-17,20,28,30H,9-12,15H2,(H,31,32,34). The molecule has 0 atom stereocenters. The van der Waals surface area contributed by atoms with E-state index in [0.29, 0.717) is 18.2 Å². The van der Waals surface area contributed by atoms with Gasteiger partial charge in [-0.25, -0.2) is 9.50 Å². The highest BCUT2D eigenvalue weighted by Crippen LogP contribution is 2.32. The van der Waals surface area contributed by atoms with Crippen LogP contribution in [0.3, 0.4) is 0 Å². The Morgan fingerprint density at radius 3 is 2.74 bits per heavy atom. The molecule has 0 saturated carbocycles. The highest BCUT2D eigenvalue weighted by Gasteiger charge is 2.16. The summed E-state index contributed by atoms with van der Waals surface area (Å²) in [5.74, 6) is 1.02. The van der Waals surface area contributed by atoms with Crippen LogP contribution in [-0.4, -0.2) is 38.6 Å². The SMILES string of the molecule is O=C(Cc1ccc(C2CCNCC2)cc1)Nc1cc(-c2c[nH]c3ccccc23)c2nccn2n1. The minimum atomic E-state index is -0.0912. The molecule has 5 aromatic rings. The first kappa shape index (κ1) is 20.6. The number of aromatic amines is 1. The summed E-state index contributed by atoms with van der Waals surface area (Å²) in [6.07, 6.45) is 8.13. The molecule has 1 aliphatic heterocycles. The minimum absolute atomic E-state index is 0.0912. The van der Waals surface area contributed by atoms with Gasteiger partial charge in [-0.1, -0.05) is 42.5 Å². The zero-order valence-electron chi connectivity index (χ0n) is 18.8. The fourth-order valence-electron chi connectivity index (χ4n) is 4.91. The molecule has 6 rings (SSSR count). The first-order chi connectivity index (χ1) is 16.7. The topological polar surface area (TPSA) is 87.1 Å². The van der Waals surface area contributed by atoms with E-state index in [0.717, 1.165) is 46.3 Å². The van der Waals surface area contributed by atoms with Crippen LogP contribution in [0, 0.1) is 0 Å². The van der Waals surface area contributed by atoms with E-state index in [9.17, 15) is 4.79 Å². The molecule has 34 heavy (non-hydrogen) atoms. The van der Waals surface area contributed by atoms with Crippen molar-refractivity contribution in [3.63, 3.8) is 0 Å². The van der Waals surface area contributed by atoms with Gasteiger partial charge in [0.15, 0.2) is 11.5 Å². The molecular weight excluding hydrogens is 424 g/mol. The lowest BCUT2D eigenvalue weighted by molar-refractivity contribution is -0.115. The third kappa shape index (κ3) is 3.95. The molecule has 2 aromatic carbocycles. The number of piperidine rings is 1. The second kappa shape index (κ2) is 8.76. The monoisotopic (exact) mass is 450 g/mol. The molecule has 0 aliphatic carbocycles. The predicted octanol–water partition coefficient (Wildman–Crippen LogP) is 4.53. The van der Waals surface area contributed by atoms with Crippen molar-refractivity contribution in [2.24, 2.45) is 0 Å². The lowest BCUT2D eigenvalue weighted by atomic mass is 9.89. The number of para-hydroxylation sites is 1. The molecule has 3 N–H and O–H groups in total. The summed E-state index contributed by atoms with van der Waals surface area (Å²) in [7, 11) is 0. The molecule has 1 amide bonds. The summed E-state index contributed by atoms with van der Waals surface area (Å²) in [5.41, 5.74) is 6.10. The Morgan fingerprint density at radius 2 is 1.88 bits per heavy atom. The maximum absolute atomic E-state index is 12.9. The molecular formula is C27H26N6O. The fourth-order valence-corrected chi connectivity index (χ4v) is 4.91. The maximum atomic E-state index is 12.9. The Balaban J connectivity index is 1.23. The number of aromatic nitrogens is 4. The van der Waals surface area contributed by atoms with Gasteiger partial charge in [0.1, 0.15) is 0 Å². The largest absolute Gasteiger partial charge is 0.361 e. The number of fused-ring (bicyclic) bond motifs is 2. The Morgan fingerprint density at radius 1 is 1.06 bits per heavy atom. The van der Waals surface area contributed by atoms with Crippen LogP contribution in [0.1, 0.15) is 29.9 Å². The van der Waals surface area contributed by atoms with Crippen LogP contribution in [0.2, 0.25) is 0 Å².